The molecule has 1 aliphatic heterocycles. The van der Waals surface area contributed by atoms with Crippen molar-refractivity contribution >= 4 is 33.9 Å². The summed E-state index contributed by atoms with van der Waals surface area (Å²) in [6.07, 6.45) is 2.48. The molecule has 0 radical (unpaired) electrons. The molecule has 3 N–H and O–H groups in total. The van der Waals surface area contributed by atoms with Gasteiger partial charge in [0.15, 0.2) is 0 Å². The van der Waals surface area contributed by atoms with Crippen LogP contribution >= 0.6 is 12.2 Å². The van der Waals surface area contributed by atoms with Gasteiger partial charge in [0.05, 0.1) is 11.1 Å². The maximum absolute atomic E-state index is 5.86. The molecule has 1 unspecified atom stereocenters. The van der Waals surface area contributed by atoms with Gasteiger partial charge in [-0.1, -0.05) is 30.4 Å². The van der Waals surface area contributed by atoms with Gasteiger partial charge in [-0.3, -0.25) is 0 Å². The first kappa shape index (κ1) is 14.2. The van der Waals surface area contributed by atoms with E-state index in [1.807, 2.05) is 30.3 Å². The van der Waals surface area contributed by atoms with Crippen molar-refractivity contribution in [3.8, 4) is 0 Å². The molecule has 0 aliphatic carbocycles. The Morgan fingerprint density at radius 2 is 2.29 bits per heavy atom. The van der Waals surface area contributed by atoms with Gasteiger partial charge in [-0.2, -0.15) is 0 Å². The first-order valence-corrected chi connectivity index (χ1v) is 7.69. The zero-order chi connectivity index (χ0) is 14.8. The molecule has 0 bridgehead atoms. The lowest BCUT2D eigenvalue weighted by atomic mass is 10.1. The number of benzene rings is 1. The van der Waals surface area contributed by atoms with Crippen molar-refractivity contribution in [1.82, 2.24) is 9.88 Å². The van der Waals surface area contributed by atoms with E-state index in [1.54, 1.807) is 0 Å². The highest BCUT2D eigenvalue weighted by Crippen LogP contribution is 2.22. The van der Waals surface area contributed by atoms with Gasteiger partial charge in [-0.05, 0) is 38.6 Å². The first-order valence-electron chi connectivity index (χ1n) is 7.29. The number of thiocarbonyl (C=S) groups is 1. The van der Waals surface area contributed by atoms with Crippen molar-refractivity contribution in [2.75, 3.05) is 25.5 Å². The number of hydrogen-bond acceptors (Lipinski definition) is 4. The van der Waals surface area contributed by atoms with Crippen molar-refractivity contribution in [1.29, 1.82) is 0 Å². The molecule has 5 heteroatoms. The number of hydrogen-bond donors (Lipinski definition) is 2. The van der Waals surface area contributed by atoms with Crippen LogP contribution < -0.4 is 11.1 Å². The number of nitrogens with one attached hydrogen (secondary N) is 1. The number of rotatable bonds is 4. The third kappa shape index (κ3) is 2.99. The van der Waals surface area contributed by atoms with Crippen molar-refractivity contribution < 1.29 is 0 Å². The van der Waals surface area contributed by atoms with Crippen molar-refractivity contribution in [2.45, 2.75) is 18.9 Å². The topological polar surface area (TPSA) is 54.2 Å². The quantitative estimate of drug-likeness (QED) is 0.849. The Kier molecular flexibility index (Phi) is 4.03. The number of likely N-dealkylation sites (tertiary alicyclic amines) is 1. The normalized spacial score (nSPS) is 19.0. The molecule has 110 valence electrons. The summed E-state index contributed by atoms with van der Waals surface area (Å²) in [6, 6.07) is 10.6. The Bertz CT molecular complexity index is 670. The van der Waals surface area contributed by atoms with E-state index < -0.39 is 0 Å². The van der Waals surface area contributed by atoms with Crippen LogP contribution in [-0.4, -0.2) is 41.1 Å². The molecule has 2 heterocycles. The highest BCUT2D eigenvalue weighted by atomic mass is 32.1. The van der Waals surface area contributed by atoms with Crippen LogP contribution in [0.3, 0.4) is 0 Å². The molecule has 0 amide bonds. The fourth-order valence-corrected chi connectivity index (χ4v) is 3.05. The molecule has 0 spiro atoms. The average molecular weight is 300 g/mol. The van der Waals surface area contributed by atoms with E-state index in [-0.39, 0.29) is 0 Å². The predicted octanol–water partition coefficient (Wildman–Crippen LogP) is 2.38. The highest BCUT2D eigenvalue weighted by Gasteiger charge is 2.21. The number of anilines is 1. The van der Waals surface area contributed by atoms with Crippen LogP contribution in [0.5, 0.6) is 0 Å². The molecule has 2 aromatic rings. The number of para-hydroxylation sites is 1. The van der Waals surface area contributed by atoms with E-state index in [0.29, 0.717) is 11.0 Å². The Balaban J connectivity index is 1.88. The maximum atomic E-state index is 5.86. The van der Waals surface area contributed by atoms with Gasteiger partial charge in [0, 0.05) is 18.0 Å². The van der Waals surface area contributed by atoms with E-state index in [2.05, 4.69) is 22.2 Å². The Morgan fingerprint density at radius 1 is 1.48 bits per heavy atom. The van der Waals surface area contributed by atoms with E-state index in [4.69, 9.17) is 18.0 Å². The van der Waals surface area contributed by atoms with Gasteiger partial charge in [-0.15, -0.1) is 0 Å². The third-order valence-corrected chi connectivity index (χ3v) is 4.39. The van der Waals surface area contributed by atoms with Gasteiger partial charge in [-0.25, -0.2) is 4.98 Å². The van der Waals surface area contributed by atoms with Gasteiger partial charge in [0.2, 0.25) is 0 Å². The van der Waals surface area contributed by atoms with E-state index in [0.717, 1.165) is 28.8 Å². The van der Waals surface area contributed by atoms with Crippen LogP contribution in [-0.2, 0) is 0 Å². The number of aromatic nitrogens is 1. The molecule has 1 aliphatic rings. The van der Waals surface area contributed by atoms with Crippen molar-refractivity contribution in [3.05, 3.63) is 35.9 Å². The zero-order valence-corrected chi connectivity index (χ0v) is 13.0. The summed E-state index contributed by atoms with van der Waals surface area (Å²) in [6.45, 7) is 2.04. The van der Waals surface area contributed by atoms with Crippen LogP contribution in [0.25, 0.3) is 10.9 Å². The lowest BCUT2D eigenvalue weighted by Gasteiger charge is -2.21. The average Bonchev–Trinajstić information content (AvgIpc) is 2.89. The SMILES string of the molecule is CN1CCCC1CNc1nc2ccccc2cc1C(N)=S. The molecule has 1 fully saturated rings. The molecule has 21 heavy (non-hydrogen) atoms. The van der Waals surface area contributed by atoms with E-state index in [9.17, 15) is 0 Å². The smallest absolute Gasteiger partial charge is 0.137 e. The molecule has 0 saturated carbocycles. The second kappa shape index (κ2) is 5.95. The first-order chi connectivity index (χ1) is 10.1. The molecule has 1 aromatic carbocycles. The lowest BCUT2D eigenvalue weighted by molar-refractivity contribution is 0.322. The van der Waals surface area contributed by atoms with Crippen LogP contribution in [0, 0.1) is 0 Å². The minimum atomic E-state index is 0.385. The van der Waals surface area contributed by atoms with Crippen LogP contribution in [0.2, 0.25) is 0 Å². The molecule has 3 rings (SSSR count). The summed E-state index contributed by atoms with van der Waals surface area (Å²) in [4.78, 5) is 7.45. The standard InChI is InChI=1S/C16H20N4S/c1-20-8-4-6-12(20)10-18-16-13(15(17)21)9-11-5-2-3-7-14(11)19-16/h2-3,5,7,9,12H,4,6,8,10H2,1H3,(H2,17,21)(H,18,19). The van der Waals surface area contributed by atoms with Gasteiger partial charge < -0.3 is 16.0 Å². The highest BCUT2D eigenvalue weighted by molar-refractivity contribution is 7.80. The fourth-order valence-electron chi connectivity index (χ4n) is 2.89. The van der Waals surface area contributed by atoms with Gasteiger partial charge >= 0.3 is 0 Å². The van der Waals surface area contributed by atoms with Gasteiger partial charge in [0.25, 0.3) is 0 Å². The summed E-state index contributed by atoms with van der Waals surface area (Å²) >= 11 is 5.17. The summed E-state index contributed by atoms with van der Waals surface area (Å²) in [5, 5.41) is 4.50. The number of nitrogens with zero attached hydrogens (tertiary/aromatic N) is 2. The zero-order valence-electron chi connectivity index (χ0n) is 12.2. The number of likely N-dealkylation sites (N-methyl/N-ethyl adjacent to an activating group) is 1. The van der Waals surface area contributed by atoms with Crippen molar-refractivity contribution in [2.24, 2.45) is 5.73 Å². The second-order valence-corrected chi connectivity index (χ2v) is 6.04. The maximum Gasteiger partial charge on any atom is 0.137 e. The van der Waals surface area contributed by atoms with Crippen LogP contribution in [0.4, 0.5) is 5.82 Å². The minimum Gasteiger partial charge on any atom is -0.389 e. The Morgan fingerprint density at radius 3 is 3.00 bits per heavy atom. The van der Waals surface area contributed by atoms with Crippen LogP contribution in [0.1, 0.15) is 18.4 Å². The third-order valence-electron chi connectivity index (χ3n) is 4.17. The fraction of sp³-hybridized carbons (Fsp3) is 0.375. The molecule has 1 aromatic heterocycles. The summed E-state index contributed by atoms with van der Waals surface area (Å²) in [5.74, 6) is 0.793. The van der Waals surface area contributed by atoms with Crippen LogP contribution in [0.15, 0.2) is 30.3 Å². The number of fused-ring (bicyclic) bond motifs is 1. The Hall–Kier alpha value is -1.72. The van der Waals surface area contributed by atoms with E-state index in [1.165, 1.54) is 19.4 Å². The monoisotopic (exact) mass is 300 g/mol. The van der Waals surface area contributed by atoms with Crippen molar-refractivity contribution in [3.63, 3.8) is 0 Å². The minimum absolute atomic E-state index is 0.385. The number of nitrogens with two attached hydrogens (primary N) is 1. The van der Waals surface area contributed by atoms with Gasteiger partial charge in [0.1, 0.15) is 10.8 Å². The summed E-state index contributed by atoms with van der Waals surface area (Å²) in [5.41, 5.74) is 7.64. The molecule has 1 saturated heterocycles. The summed E-state index contributed by atoms with van der Waals surface area (Å²) < 4.78 is 0. The molecule has 1 atom stereocenters. The van der Waals surface area contributed by atoms with E-state index >= 15 is 0 Å². The molecule has 4 nitrogen and oxygen atoms in total. The molecular formula is C16H20N4S. The molecular weight excluding hydrogens is 280 g/mol. The Labute approximate surface area is 130 Å². The number of pyridine rings is 1. The lowest BCUT2D eigenvalue weighted by Crippen LogP contribution is -2.32. The second-order valence-electron chi connectivity index (χ2n) is 5.60. The largest absolute Gasteiger partial charge is 0.389 e. The predicted molar refractivity (Wildman–Crippen MR) is 91.8 cm³/mol. The summed E-state index contributed by atoms with van der Waals surface area (Å²) in [7, 11) is 2.17.